The Morgan fingerprint density at radius 1 is 1.09 bits per heavy atom. The highest BCUT2D eigenvalue weighted by molar-refractivity contribution is 6.21. The Kier molecular flexibility index (Phi) is 6.09. The van der Waals surface area contributed by atoms with E-state index < -0.39 is 0 Å². The third-order valence-corrected chi connectivity index (χ3v) is 7.40. The lowest BCUT2D eigenvalue weighted by atomic mass is 9.85. The molecule has 0 amide bonds. The first-order chi connectivity index (χ1) is 16.0. The summed E-state index contributed by atoms with van der Waals surface area (Å²) in [6.07, 6.45) is 5.75. The number of aromatic hydroxyl groups is 1. The number of hydrogen-bond donors (Lipinski definition) is 3. The highest BCUT2D eigenvalue weighted by atomic mass is 16.3. The molecule has 1 aliphatic heterocycles. The minimum Gasteiger partial charge on any atom is -0.494 e. The summed E-state index contributed by atoms with van der Waals surface area (Å²) < 4.78 is 0. The number of piperidine rings is 1. The summed E-state index contributed by atoms with van der Waals surface area (Å²) in [6, 6.07) is 15.0. The third-order valence-electron chi connectivity index (χ3n) is 7.40. The number of hydrogen-bond acceptors (Lipinski definition) is 4. The second kappa shape index (κ2) is 9.16. The minimum atomic E-state index is 0.186. The van der Waals surface area contributed by atoms with Crippen molar-refractivity contribution in [2.24, 2.45) is 10.7 Å². The van der Waals surface area contributed by atoms with E-state index in [0.717, 1.165) is 59.2 Å². The van der Waals surface area contributed by atoms with E-state index in [1.54, 1.807) is 5.57 Å². The molecular formula is C28H34N4O. The van der Waals surface area contributed by atoms with Crippen LogP contribution >= 0.6 is 0 Å². The van der Waals surface area contributed by atoms with Crippen LogP contribution < -0.4 is 5.73 Å². The van der Waals surface area contributed by atoms with Crippen LogP contribution in [0.1, 0.15) is 61.3 Å². The van der Waals surface area contributed by atoms with E-state index in [0.29, 0.717) is 6.54 Å². The molecule has 1 saturated carbocycles. The van der Waals surface area contributed by atoms with Gasteiger partial charge in [-0.1, -0.05) is 35.9 Å². The van der Waals surface area contributed by atoms with Gasteiger partial charge >= 0.3 is 0 Å². The van der Waals surface area contributed by atoms with Gasteiger partial charge in [0.1, 0.15) is 0 Å². The van der Waals surface area contributed by atoms with E-state index in [9.17, 15) is 5.11 Å². The van der Waals surface area contributed by atoms with Crippen molar-refractivity contribution in [2.75, 3.05) is 20.1 Å². The highest BCUT2D eigenvalue weighted by Gasteiger charge is 2.23. The monoisotopic (exact) mass is 442 g/mol. The molecule has 5 heteroatoms. The lowest BCUT2D eigenvalue weighted by Gasteiger charge is -2.27. The largest absolute Gasteiger partial charge is 0.494 e. The quantitative estimate of drug-likeness (QED) is 0.474. The van der Waals surface area contributed by atoms with E-state index in [1.165, 1.54) is 30.4 Å². The molecule has 1 saturated heterocycles. The van der Waals surface area contributed by atoms with Gasteiger partial charge in [-0.05, 0) is 88.0 Å². The maximum absolute atomic E-state index is 11.1. The molecule has 3 aromatic rings. The molecule has 1 aromatic heterocycles. The molecule has 2 aliphatic rings. The minimum absolute atomic E-state index is 0.186. The number of likely N-dealkylation sites (tertiary alicyclic amines) is 1. The van der Waals surface area contributed by atoms with Gasteiger partial charge in [0.05, 0.1) is 17.3 Å². The Balaban J connectivity index is 1.64. The van der Waals surface area contributed by atoms with Gasteiger partial charge in [0.15, 0.2) is 5.88 Å². The fourth-order valence-electron chi connectivity index (χ4n) is 4.97. The summed E-state index contributed by atoms with van der Waals surface area (Å²) >= 11 is 0. The molecule has 2 heterocycles. The molecule has 5 nitrogen and oxygen atoms in total. The Labute approximate surface area is 196 Å². The lowest BCUT2D eigenvalue weighted by molar-refractivity contribution is 0.257. The number of nitrogens with one attached hydrogen (secondary N) is 1. The molecule has 4 N–H and O–H groups in total. The Hall–Kier alpha value is -2.89. The molecule has 2 fully saturated rings. The van der Waals surface area contributed by atoms with Crippen molar-refractivity contribution in [1.29, 1.82) is 0 Å². The van der Waals surface area contributed by atoms with E-state index in [1.807, 2.05) is 0 Å². The molecular weight excluding hydrogens is 408 g/mol. The van der Waals surface area contributed by atoms with Gasteiger partial charge in [0, 0.05) is 23.0 Å². The second-order valence-electron chi connectivity index (χ2n) is 9.60. The van der Waals surface area contributed by atoms with E-state index in [-0.39, 0.29) is 11.9 Å². The summed E-state index contributed by atoms with van der Waals surface area (Å²) in [5.41, 5.74) is 14.7. The van der Waals surface area contributed by atoms with Crippen LogP contribution in [0.3, 0.4) is 0 Å². The number of aromatic amines is 1. The van der Waals surface area contributed by atoms with Gasteiger partial charge in [-0.25, -0.2) is 0 Å². The molecule has 33 heavy (non-hydrogen) atoms. The Morgan fingerprint density at radius 2 is 1.79 bits per heavy atom. The van der Waals surface area contributed by atoms with Crippen LogP contribution in [0.2, 0.25) is 0 Å². The van der Waals surface area contributed by atoms with Crippen LogP contribution in [0.25, 0.3) is 16.5 Å². The van der Waals surface area contributed by atoms with E-state index in [4.69, 9.17) is 10.7 Å². The number of aromatic nitrogens is 1. The van der Waals surface area contributed by atoms with Crippen LogP contribution in [-0.2, 0) is 6.54 Å². The summed E-state index contributed by atoms with van der Waals surface area (Å²) in [5, 5.41) is 12.1. The van der Waals surface area contributed by atoms with Gasteiger partial charge in [0.25, 0.3) is 0 Å². The average molecular weight is 443 g/mol. The van der Waals surface area contributed by atoms with Crippen molar-refractivity contribution in [3.05, 3.63) is 70.3 Å². The second-order valence-corrected chi connectivity index (χ2v) is 9.60. The zero-order valence-electron chi connectivity index (χ0n) is 19.7. The Bertz CT molecular complexity index is 1200. The van der Waals surface area contributed by atoms with Crippen molar-refractivity contribution < 1.29 is 5.11 Å². The van der Waals surface area contributed by atoms with Crippen LogP contribution in [0.5, 0.6) is 5.88 Å². The molecule has 0 atom stereocenters. The first-order valence-corrected chi connectivity index (χ1v) is 12.1. The first kappa shape index (κ1) is 21.9. The number of aliphatic imine (C=N–C) groups is 1. The molecule has 2 aromatic carbocycles. The number of nitrogens with two attached hydrogens (primary N) is 1. The van der Waals surface area contributed by atoms with Gasteiger partial charge in [-0.2, -0.15) is 0 Å². The third kappa shape index (κ3) is 4.35. The van der Waals surface area contributed by atoms with Crippen LogP contribution in [0.15, 0.2) is 53.0 Å². The normalized spacial score (nSPS) is 18.0. The number of rotatable bonds is 5. The van der Waals surface area contributed by atoms with Crippen molar-refractivity contribution in [3.8, 4) is 5.88 Å². The maximum atomic E-state index is 11.1. The van der Waals surface area contributed by atoms with Crippen molar-refractivity contribution in [3.63, 3.8) is 0 Å². The first-order valence-electron chi connectivity index (χ1n) is 12.1. The van der Waals surface area contributed by atoms with Crippen molar-refractivity contribution in [1.82, 2.24) is 9.88 Å². The lowest BCUT2D eigenvalue weighted by Crippen LogP contribution is -2.32. The van der Waals surface area contributed by atoms with Gasteiger partial charge in [0.2, 0.25) is 0 Å². The van der Waals surface area contributed by atoms with Crippen LogP contribution in [0, 0.1) is 0 Å². The number of fused-ring (bicyclic) bond motifs is 1. The topological polar surface area (TPSA) is 77.6 Å². The number of benzene rings is 2. The smallest absolute Gasteiger partial charge is 0.199 e. The zero-order valence-corrected chi connectivity index (χ0v) is 19.7. The van der Waals surface area contributed by atoms with Gasteiger partial charge in [-0.15, -0.1) is 0 Å². The maximum Gasteiger partial charge on any atom is 0.199 e. The molecule has 1 aliphatic carbocycles. The van der Waals surface area contributed by atoms with Crippen LogP contribution in [0.4, 0.5) is 0 Å². The number of nitrogens with zero attached hydrogens (tertiary/aromatic N) is 2. The molecule has 0 spiro atoms. The number of H-pyrrole nitrogens is 1. The predicted octanol–water partition coefficient (Wildman–Crippen LogP) is 5.22. The van der Waals surface area contributed by atoms with E-state index in [2.05, 4.69) is 66.3 Å². The SMILES string of the molecule is CC(=C1CCC1)c1ccc2[nH]c(O)c(C(=NC3CCN(C)CC3)c3ccc(CN)cc3)c2c1. The number of allylic oxidation sites excluding steroid dienone is 2. The summed E-state index contributed by atoms with van der Waals surface area (Å²) in [7, 11) is 2.17. The molecule has 0 bridgehead atoms. The fraction of sp³-hybridized carbons (Fsp3) is 0.393. The summed E-state index contributed by atoms with van der Waals surface area (Å²) in [4.78, 5) is 10.8. The van der Waals surface area contributed by atoms with Crippen LogP contribution in [-0.4, -0.2) is 46.9 Å². The Morgan fingerprint density at radius 3 is 2.42 bits per heavy atom. The highest BCUT2D eigenvalue weighted by Crippen LogP contribution is 2.37. The van der Waals surface area contributed by atoms with Crippen molar-refractivity contribution in [2.45, 2.75) is 51.6 Å². The fourth-order valence-corrected chi connectivity index (χ4v) is 4.97. The summed E-state index contributed by atoms with van der Waals surface area (Å²) in [6.45, 7) is 4.83. The van der Waals surface area contributed by atoms with E-state index >= 15 is 0 Å². The van der Waals surface area contributed by atoms with Gasteiger partial charge < -0.3 is 20.7 Å². The molecule has 0 unspecified atom stereocenters. The zero-order chi connectivity index (χ0) is 22.9. The standard InChI is InChI=1S/C28H34N4O/c1-18(20-4-3-5-20)22-10-11-25-24(16-22)26(28(33)31-25)27(21-8-6-19(17-29)7-9-21)30-23-12-14-32(2)15-13-23/h6-11,16,23,31,33H,3-5,12-15,17,29H2,1-2H3. The molecule has 172 valence electrons. The molecule has 0 radical (unpaired) electrons. The van der Waals surface area contributed by atoms with Gasteiger partial charge in [-0.3, -0.25) is 4.99 Å². The predicted molar refractivity (Wildman–Crippen MR) is 137 cm³/mol. The average Bonchev–Trinajstić information content (AvgIpc) is 3.12. The van der Waals surface area contributed by atoms with Crippen molar-refractivity contribution >= 4 is 22.2 Å². The molecule has 5 rings (SSSR count). The summed E-state index contributed by atoms with van der Waals surface area (Å²) in [5.74, 6) is 0.186.